The van der Waals surface area contributed by atoms with Crippen LogP contribution in [0.15, 0.2) is 12.1 Å². The number of hydrogen-bond donors (Lipinski definition) is 2. The first-order valence-corrected chi connectivity index (χ1v) is 9.97. The minimum atomic E-state index is -0.429. The van der Waals surface area contributed by atoms with Crippen molar-refractivity contribution in [2.24, 2.45) is 5.92 Å². The Balaban J connectivity index is 1.87. The average Bonchev–Trinajstić information content (AvgIpc) is 2.76. The second-order valence-electron chi connectivity index (χ2n) is 7.42. The molecule has 9 nitrogen and oxygen atoms in total. The summed E-state index contributed by atoms with van der Waals surface area (Å²) in [7, 11) is 4.41. The van der Waals surface area contributed by atoms with Gasteiger partial charge < -0.3 is 29.7 Å². The summed E-state index contributed by atoms with van der Waals surface area (Å²) in [6.07, 6.45) is 1.40. The summed E-state index contributed by atoms with van der Waals surface area (Å²) in [6, 6.07) is 3.04. The van der Waals surface area contributed by atoms with Crippen LogP contribution in [0.4, 0.5) is 0 Å². The van der Waals surface area contributed by atoms with Crippen molar-refractivity contribution < 1.29 is 28.6 Å². The minimum Gasteiger partial charge on any atom is -0.493 e. The molecule has 0 saturated carbocycles. The highest BCUT2D eigenvalue weighted by molar-refractivity contribution is 5.97. The lowest BCUT2D eigenvalue weighted by molar-refractivity contribution is -0.135. The molecule has 1 aromatic carbocycles. The third kappa shape index (κ3) is 5.77. The van der Waals surface area contributed by atoms with Gasteiger partial charge in [0.1, 0.15) is 0 Å². The third-order valence-electron chi connectivity index (χ3n) is 5.00. The largest absolute Gasteiger partial charge is 0.493 e. The molecule has 1 fully saturated rings. The van der Waals surface area contributed by atoms with E-state index in [1.54, 1.807) is 0 Å². The van der Waals surface area contributed by atoms with Gasteiger partial charge in [0.05, 0.1) is 27.9 Å². The molecule has 0 bridgehead atoms. The summed E-state index contributed by atoms with van der Waals surface area (Å²) < 4.78 is 15.7. The summed E-state index contributed by atoms with van der Waals surface area (Å²) in [5, 5.41) is 5.52. The fourth-order valence-electron chi connectivity index (χ4n) is 3.36. The monoisotopic (exact) mass is 421 g/mol. The normalized spacial score (nSPS) is 14.3. The van der Waals surface area contributed by atoms with E-state index in [9.17, 15) is 14.4 Å². The third-order valence-corrected chi connectivity index (χ3v) is 5.00. The molecule has 1 heterocycles. The van der Waals surface area contributed by atoms with Gasteiger partial charge in [-0.25, -0.2) is 0 Å². The number of amides is 3. The zero-order valence-electron chi connectivity index (χ0n) is 18.2. The van der Waals surface area contributed by atoms with E-state index >= 15 is 0 Å². The molecule has 1 aliphatic rings. The molecule has 9 heteroatoms. The summed E-state index contributed by atoms with van der Waals surface area (Å²) in [6.45, 7) is 4.86. The van der Waals surface area contributed by atoms with Gasteiger partial charge in [-0.3, -0.25) is 14.4 Å². The maximum absolute atomic E-state index is 12.5. The Morgan fingerprint density at radius 3 is 2.07 bits per heavy atom. The molecule has 0 aliphatic carbocycles. The molecule has 166 valence electrons. The van der Waals surface area contributed by atoms with Crippen LogP contribution in [0.1, 0.15) is 37.0 Å². The van der Waals surface area contributed by atoms with Crippen LogP contribution in [0.2, 0.25) is 0 Å². The molecule has 0 spiro atoms. The van der Waals surface area contributed by atoms with Crippen LogP contribution in [0.25, 0.3) is 0 Å². The number of rotatable bonds is 8. The van der Waals surface area contributed by atoms with Crippen molar-refractivity contribution in [2.45, 2.75) is 32.7 Å². The van der Waals surface area contributed by atoms with E-state index in [0.29, 0.717) is 43.2 Å². The van der Waals surface area contributed by atoms with Crippen LogP contribution in [-0.2, 0) is 9.59 Å². The predicted molar refractivity (Wildman–Crippen MR) is 111 cm³/mol. The Hall–Kier alpha value is -2.97. The lowest BCUT2D eigenvalue weighted by atomic mass is 10.0. The van der Waals surface area contributed by atoms with Crippen LogP contribution in [0, 0.1) is 5.92 Å². The first-order chi connectivity index (χ1) is 14.3. The number of carbonyl (C=O) groups excluding carboxylic acids is 3. The molecule has 30 heavy (non-hydrogen) atoms. The molecule has 0 radical (unpaired) electrons. The van der Waals surface area contributed by atoms with E-state index in [4.69, 9.17) is 14.2 Å². The fraction of sp³-hybridized carbons (Fsp3) is 0.571. The Labute approximate surface area is 177 Å². The van der Waals surface area contributed by atoms with Gasteiger partial charge in [0.25, 0.3) is 5.91 Å². The first kappa shape index (κ1) is 23.3. The molecule has 1 aromatic rings. The average molecular weight is 421 g/mol. The lowest BCUT2D eigenvalue weighted by Crippen LogP contribution is -2.49. The highest BCUT2D eigenvalue weighted by Gasteiger charge is 2.25. The number of likely N-dealkylation sites (tertiary alicyclic amines) is 1. The molecular weight excluding hydrogens is 390 g/mol. The van der Waals surface area contributed by atoms with Crippen LogP contribution >= 0.6 is 0 Å². The lowest BCUT2D eigenvalue weighted by Gasteiger charge is -2.33. The highest BCUT2D eigenvalue weighted by atomic mass is 16.5. The Bertz CT molecular complexity index is 747. The van der Waals surface area contributed by atoms with Crippen molar-refractivity contribution >= 4 is 17.7 Å². The second kappa shape index (κ2) is 10.7. The van der Waals surface area contributed by atoms with Crippen LogP contribution in [-0.4, -0.2) is 69.6 Å². The van der Waals surface area contributed by atoms with Crippen molar-refractivity contribution in [3.8, 4) is 17.2 Å². The molecule has 3 amide bonds. The van der Waals surface area contributed by atoms with E-state index in [2.05, 4.69) is 10.6 Å². The van der Waals surface area contributed by atoms with E-state index in [-0.39, 0.29) is 35.9 Å². The second-order valence-corrected chi connectivity index (χ2v) is 7.42. The van der Waals surface area contributed by atoms with Gasteiger partial charge in [0.2, 0.25) is 17.6 Å². The molecule has 1 saturated heterocycles. The Morgan fingerprint density at radius 1 is 1.03 bits per heavy atom. The quantitative estimate of drug-likeness (QED) is 0.654. The van der Waals surface area contributed by atoms with Gasteiger partial charge in [0.15, 0.2) is 11.5 Å². The van der Waals surface area contributed by atoms with Gasteiger partial charge in [-0.2, -0.15) is 0 Å². The van der Waals surface area contributed by atoms with Crippen LogP contribution in [0.5, 0.6) is 17.2 Å². The van der Waals surface area contributed by atoms with Gasteiger partial charge in [0, 0.05) is 30.6 Å². The summed E-state index contributed by atoms with van der Waals surface area (Å²) in [5.41, 5.74) is 0.290. The maximum Gasteiger partial charge on any atom is 0.251 e. The number of ether oxygens (including phenoxy) is 3. The van der Waals surface area contributed by atoms with E-state index in [0.717, 1.165) is 0 Å². The van der Waals surface area contributed by atoms with E-state index < -0.39 is 5.91 Å². The summed E-state index contributed by atoms with van der Waals surface area (Å²) >= 11 is 0. The highest BCUT2D eigenvalue weighted by Crippen LogP contribution is 2.38. The molecule has 0 atom stereocenters. The SMILES string of the molecule is COc1cc(C(=O)NCC(=O)NC2CCN(C(=O)C(C)C)CC2)cc(OC)c1OC. The topological polar surface area (TPSA) is 106 Å². The summed E-state index contributed by atoms with van der Waals surface area (Å²) in [4.78, 5) is 38.6. The number of nitrogens with one attached hydrogen (secondary N) is 2. The standard InChI is InChI=1S/C21H31N3O6/c1-13(2)21(27)24-8-6-15(7-9-24)23-18(25)12-22-20(26)14-10-16(28-3)19(30-5)17(11-14)29-4/h10-11,13,15H,6-9,12H2,1-5H3,(H,22,26)(H,23,25). The van der Waals surface area contributed by atoms with Crippen LogP contribution < -0.4 is 24.8 Å². The van der Waals surface area contributed by atoms with Gasteiger partial charge >= 0.3 is 0 Å². The van der Waals surface area contributed by atoms with Crippen molar-refractivity contribution in [1.82, 2.24) is 15.5 Å². The molecular formula is C21H31N3O6. The number of hydrogen-bond acceptors (Lipinski definition) is 6. The Morgan fingerprint density at radius 2 is 1.60 bits per heavy atom. The molecule has 1 aliphatic heterocycles. The zero-order chi connectivity index (χ0) is 22.3. The van der Waals surface area contributed by atoms with Gasteiger partial charge in [-0.1, -0.05) is 13.8 Å². The van der Waals surface area contributed by atoms with Gasteiger partial charge in [-0.15, -0.1) is 0 Å². The molecule has 2 rings (SSSR count). The van der Waals surface area contributed by atoms with Gasteiger partial charge in [-0.05, 0) is 25.0 Å². The number of benzene rings is 1. The number of nitrogens with zero attached hydrogens (tertiary/aromatic N) is 1. The predicted octanol–water partition coefficient (Wildman–Crippen LogP) is 1.21. The molecule has 0 unspecified atom stereocenters. The number of methoxy groups -OCH3 is 3. The van der Waals surface area contributed by atoms with Crippen molar-refractivity contribution in [3.05, 3.63) is 17.7 Å². The van der Waals surface area contributed by atoms with E-state index in [1.165, 1.54) is 33.5 Å². The van der Waals surface area contributed by atoms with Crippen molar-refractivity contribution in [3.63, 3.8) is 0 Å². The maximum atomic E-state index is 12.5. The minimum absolute atomic E-state index is 0.00760. The van der Waals surface area contributed by atoms with Crippen molar-refractivity contribution in [2.75, 3.05) is 41.0 Å². The Kier molecular flexibility index (Phi) is 8.32. The van der Waals surface area contributed by atoms with Crippen molar-refractivity contribution in [1.29, 1.82) is 0 Å². The molecule has 2 N–H and O–H groups in total. The zero-order valence-corrected chi connectivity index (χ0v) is 18.2. The smallest absolute Gasteiger partial charge is 0.251 e. The fourth-order valence-corrected chi connectivity index (χ4v) is 3.36. The molecule has 0 aromatic heterocycles. The van der Waals surface area contributed by atoms with Crippen LogP contribution in [0.3, 0.4) is 0 Å². The van der Waals surface area contributed by atoms with E-state index in [1.807, 2.05) is 18.7 Å². The number of carbonyl (C=O) groups is 3. The number of piperidine rings is 1. The first-order valence-electron chi connectivity index (χ1n) is 9.97. The summed E-state index contributed by atoms with van der Waals surface area (Å²) in [5.74, 6) is 0.505.